The molecule has 2 aromatic carbocycles. The topological polar surface area (TPSA) is 106 Å². The highest BCUT2D eigenvalue weighted by atomic mass is 127. The summed E-state index contributed by atoms with van der Waals surface area (Å²) in [5.74, 6) is -0.765. The number of methoxy groups -OCH3 is 1. The van der Waals surface area contributed by atoms with Crippen LogP contribution in [-0.4, -0.2) is 36.6 Å². The van der Waals surface area contributed by atoms with Gasteiger partial charge in [-0.05, 0) is 70.7 Å². The third-order valence-corrected chi connectivity index (χ3v) is 4.92. The standard InChI is InChI=1S/C20H16IN3O5S/c1-28-15-9-11(7-13-18(26)23-20(30)24-19(13)27)8-14(21)17(15)29-10-16(25)22-12-5-3-2-4-6-12/h2-9H,10H2,1H3,(H,22,25)(H2,23,24,26,27,30). The molecule has 1 heterocycles. The van der Waals surface area contributed by atoms with E-state index in [-0.39, 0.29) is 23.2 Å². The predicted octanol–water partition coefficient (Wildman–Crippen LogP) is 2.23. The fourth-order valence-corrected chi connectivity index (χ4v) is 3.56. The van der Waals surface area contributed by atoms with Gasteiger partial charge in [-0.2, -0.15) is 0 Å². The van der Waals surface area contributed by atoms with E-state index in [1.54, 1.807) is 24.3 Å². The Morgan fingerprint density at radius 2 is 1.83 bits per heavy atom. The van der Waals surface area contributed by atoms with Crippen molar-refractivity contribution in [3.05, 3.63) is 57.2 Å². The monoisotopic (exact) mass is 537 g/mol. The minimum Gasteiger partial charge on any atom is -0.493 e. The Morgan fingerprint density at radius 3 is 2.47 bits per heavy atom. The molecule has 0 unspecified atom stereocenters. The minimum atomic E-state index is -0.587. The van der Waals surface area contributed by atoms with Crippen molar-refractivity contribution in [2.45, 2.75) is 0 Å². The van der Waals surface area contributed by atoms with Gasteiger partial charge >= 0.3 is 0 Å². The van der Waals surface area contributed by atoms with Crippen molar-refractivity contribution in [1.82, 2.24) is 10.6 Å². The highest BCUT2D eigenvalue weighted by Crippen LogP contribution is 2.34. The lowest BCUT2D eigenvalue weighted by atomic mass is 10.1. The first-order chi connectivity index (χ1) is 14.4. The van der Waals surface area contributed by atoms with Crippen LogP contribution in [0.2, 0.25) is 0 Å². The van der Waals surface area contributed by atoms with E-state index in [0.29, 0.717) is 26.3 Å². The zero-order valence-corrected chi connectivity index (χ0v) is 18.6. The maximum Gasteiger partial charge on any atom is 0.263 e. The number of amides is 3. The molecule has 8 nitrogen and oxygen atoms in total. The van der Waals surface area contributed by atoms with E-state index < -0.39 is 11.8 Å². The van der Waals surface area contributed by atoms with Crippen LogP contribution in [0.15, 0.2) is 48.0 Å². The number of para-hydroxylation sites is 1. The Hall–Kier alpha value is -2.99. The summed E-state index contributed by atoms with van der Waals surface area (Å²) in [6, 6.07) is 12.3. The number of nitrogens with one attached hydrogen (secondary N) is 3. The normalized spacial score (nSPS) is 13.3. The summed E-state index contributed by atoms with van der Waals surface area (Å²) < 4.78 is 11.7. The van der Waals surface area contributed by atoms with Crippen LogP contribution in [0.1, 0.15) is 5.56 Å². The number of anilines is 1. The number of thiocarbonyl (C=S) groups is 1. The smallest absolute Gasteiger partial charge is 0.263 e. The van der Waals surface area contributed by atoms with Gasteiger partial charge in [-0.25, -0.2) is 0 Å². The number of rotatable bonds is 6. The molecule has 0 bridgehead atoms. The molecule has 0 spiro atoms. The summed E-state index contributed by atoms with van der Waals surface area (Å²) in [5.41, 5.74) is 1.13. The molecule has 2 aromatic rings. The fraction of sp³-hybridized carbons (Fsp3) is 0.100. The largest absolute Gasteiger partial charge is 0.493 e. The molecular formula is C20H16IN3O5S. The lowest BCUT2D eigenvalue weighted by Crippen LogP contribution is -2.51. The molecule has 0 aliphatic carbocycles. The summed E-state index contributed by atoms with van der Waals surface area (Å²) in [4.78, 5) is 36.2. The molecule has 1 fully saturated rings. The Labute approximate surface area is 191 Å². The molecule has 1 aliphatic rings. The van der Waals surface area contributed by atoms with Crippen LogP contribution >= 0.6 is 34.8 Å². The van der Waals surface area contributed by atoms with Crippen molar-refractivity contribution in [3.8, 4) is 11.5 Å². The molecule has 0 radical (unpaired) electrons. The second-order valence-corrected chi connectivity index (χ2v) is 7.60. The van der Waals surface area contributed by atoms with Gasteiger partial charge in [0.25, 0.3) is 17.7 Å². The molecular weight excluding hydrogens is 521 g/mol. The van der Waals surface area contributed by atoms with Crippen LogP contribution in [0.3, 0.4) is 0 Å². The number of halogens is 1. The number of ether oxygens (including phenoxy) is 2. The van der Waals surface area contributed by atoms with Crippen LogP contribution in [0, 0.1) is 3.57 Å². The fourth-order valence-electron chi connectivity index (χ4n) is 2.59. The third kappa shape index (κ3) is 5.33. The second kappa shape index (κ2) is 9.67. The zero-order valence-electron chi connectivity index (χ0n) is 15.7. The summed E-state index contributed by atoms with van der Waals surface area (Å²) in [5, 5.41) is 7.45. The zero-order chi connectivity index (χ0) is 21.7. The first-order valence-electron chi connectivity index (χ1n) is 8.61. The summed E-state index contributed by atoms with van der Waals surface area (Å²) in [6.45, 7) is -0.218. The van der Waals surface area contributed by atoms with E-state index in [2.05, 4.69) is 16.0 Å². The number of hydrogen-bond donors (Lipinski definition) is 3. The van der Waals surface area contributed by atoms with Gasteiger partial charge in [0.05, 0.1) is 10.7 Å². The van der Waals surface area contributed by atoms with E-state index >= 15 is 0 Å². The number of carbonyl (C=O) groups is 3. The van der Waals surface area contributed by atoms with Gasteiger partial charge in [0.2, 0.25) is 0 Å². The van der Waals surface area contributed by atoms with Crippen LogP contribution in [-0.2, 0) is 14.4 Å². The van der Waals surface area contributed by atoms with Gasteiger partial charge in [-0.3, -0.25) is 25.0 Å². The lowest BCUT2D eigenvalue weighted by molar-refractivity contribution is -0.123. The van der Waals surface area contributed by atoms with Crippen LogP contribution < -0.4 is 25.4 Å². The molecule has 0 saturated carbocycles. The number of carbonyl (C=O) groups excluding carboxylic acids is 3. The van der Waals surface area contributed by atoms with E-state index in [1.165, 1.54) is 13.2 Å². The Balaban J connectivity index is 1.76. The molecule has 0 aromatic heterocycles. The van der Waals surface area contributed by atoms with Gasteiger partial charge in [-0.1, -0.05) is 18.2 Å². The van der Waals surface area contributed by atoms with Crippen molar-refractivity contribution in [1.29, 1.82) is 0 Å². The lowest BCUT2D eigenvalue weighted by Gasteiger charge is -2.17. The van der Waals surface area contributed by atoms with Crippen molar-refractivity contribution in [3.63, 3.8) is 0 Å². The van der Waals surface area contributed by atoms with Gasteiger partial charge in [0.15, 0.2) is 23.2 Å². The summed E-state index contributed by atoms with van der Waals surface area (Å²) in [7, 11) is 1.46. The van der Waals surface area contributed by atoms with Crippen LogP contribution in [0.5, 0.6) is 11.5 Å². The number of hydrogen-bond acceptors (Lipinski definition) is 6. The minimum absolute atomic E-state index is 0.0353. The van der Waals surface area contributed by atoms with E-state index in [1.807, 2.05) is 40.8 Å². The highest BCUT2D eigenvalue weighted by Gasteiger charge is 2.26. The van der Waals surface area contributed by atoms with Crippen LogP contribution in [0.25, 0.3) is 6.08 Å². The molecule has 10 heteroatoms. The van der Waals surface area contributed by atoms with Crippen LogP contribution in [0.4, 0.5) is 5.69 Å². The Morgan fingerprint density at radius 1 is 1.17 bits per heavy atom. The summed E-state index contributed by atoms with van der Waals surface area (Å²) in [6.07, 6.45) is 1.42. The van der Waals surface area contributed by atoms with Crippen molar-refractivity contribution in [2.24, 2.45) is 0 Å². The van der Waals surface area contributed by atoms with E-state index in [9.17, 15) is 14.4 Å². The molecule has 154 valence electrons. The molecule has 1 aliphatic heterocycles. The average molecular weight is 537 g/mol. The van der Waals surface area contributed by atoms with Gasteiger partial charge in [0.1, 0.15) is 5.57 Å². The Kier molecular flexibility index (Phi) is 7.00. The van der Waals surface area contributed by atoms with E-state index in [0.717, 1.165) is 0 Å². The molecule has 1 saturated heterocycles. The van der Waals surface area contributed by atoms with Crippen molar-refractivity contribution >= 4 is 69.4 Å². The summed E-state index contributed by atoms with van der Waals surface area (Å²) >= 11 is 6.81. The second-order valence-electron chi connectivity index (χ2n) is 6.03. The molecule has 3 amide bonds. The van der Waals surface area contributed by atoms with Crippen molar-refractivity contribution in [2.75, 3.05) is 19.0 Å². The van der Waals surface area contributed by atoms with Gasteiger partial charge < -0.3 is 14.8 Å². The maximum absolute atomic E-state index is 12.1. The average Bonchev–Trinajstić information content (AvgIpc) is 2.70. The Bertz CT molecular complexity index is 1030. The molecule has 3 rings (SSSR count). The molecule has 30 heavy (non-hydrogen) atoms. The first-order valence-corrected chi connectivity index (χ1v) is 10.1. The first kappa shape index (κ1) is 21.7. The highest BCUT2D eigenvalue weighted by molar-refractivity contribution is 14.1. The van der Waals surface area contributed by atoms with E-state index in [4.69, 9.17) is 21.7 Å². The molecule has 0 atom stereocenters. The van der Waals surface area contributed by atoms with Crippen molar-refractivity contribution < 1.29 is 23.9 Å². The molecule has 3 N–H and O–H groups in total. The third-order valence-electron chi connectivity index (χ3n) is 3.91. The maximum atomic E-state index is 12.1. The SMILES string of the molecule is COc1cc(C=C2C(=O)NC(=S)NC2=O)cc(I)c1OCC(=O)Nc1ccccc1. The number of benzene rings is 2. The van der Waals surface area contributed by atoms with Gasteiger partial charge in [0, 0.05) is 5.69 Å². The van der Waals surface area contributed by atoms with Gasteiger partial charge in [-0.15, -0.1) is 0 Å². The quantitative estimate of drug-likeness (QED) is 0.226. The predicted molar refractivity (Wildman–Crippen MR) is 123 cm³/mol.